The number of benzene rings is 1. The molecule has 0 amide bonds. The molecule has 2 aliphatic rings. The lowest BCUT2D eigenvalue weighted by molar-refractivity contribution is 0.0182. The number of nitrogens with one attached hydrogen (secondary N) is 1. The van der Waals surface area contributed by atoms with Crippen molar-refractivity contribution in [1.82, 2.24) is 27.4 Å². The van der Waals surface area contributed by atoms with Crippen molar-refractivity contribution in [3.63, 3.8) is 0 Å². The van der Waals surface area contributed by atoms with Gasteiger partial charge in [0.05, 0.1) is 34.9 Å². The summed E-state index contributed by atoms with van der Waals surface area (Å²) in [5, 5.41) is 0. The number of imidazole rings is 1. The van der Waals surface area contributed by atoms with Crippen LogP contribution in [0.3, 0.4) is 0 Å². The van der Waals surface area contributed by atoms with Crippen LogP contribution in [0.2, 0.25) is 0 Å². The first-order valence-corrected chi connectivity index (χ1v) is 15.5. The van der Waals surface area contributed by atoms with E-state index in [0.29, 0.717) is 29.7 Å². The zero-order chi connectivity index (χ0) is 27.7. The van der Waals surface area contributed by atoms with Crippen LogP contribution in [0.25, 0.3) is 16.7 Å². The largest absolute Gasteiger partial charge is 0.291 e. The maximum Gasteiger partial charge on any atom is 0.279 e. The Labute approximate surface area is 224 Å². The van der Waals surface area contributed by atoms with Crippen molar-refractivity contribution in [2.24, 2.45) is 5.92 Å². The van der Waals surface area contributed by atoms with Crippen LogP contribution in [0.5, 0.6) is 0 Å². The van der Waals surface area contributed by atoms with Crippen molar-refractivity contribution < 1.29 is 25.6 Å². The van der Waals surface area contributed by atoms with Crippen molar-refractivity contribution in [1.29, 1.82) is 0 Å². The quantitative estimate of drug-likeness (QED) is 0.375. The summed E-state index contributed by atoms with van der Waals surface area (Å²) < 4.78 is 86.1. The second-order valence-electron chi connectivity index (χ2n) is 10.6. The van der Waals surface area contributed by atoms with E-state index in [1.807, 2.05) is 18.2 Å². The van der Waals surface area contributed by atoms with E-state index in [2.05, 4.69) is 14.7 Å². The lowest BCUT2D eigenvalue weighted by Crippen LogP contribution is -2.44. The number of rotatable bonds is 6. The highest BCUT2D eigenvalue weighted by atomic mass is 32.2. The van der Waals surface area contributed by atoms with Gasteiger partial charge in [-0.1, -0.05) is 24.6 Å². The molecule has 3 aromatic heterocycles. The molecule has 0 bridgehead atoms. The Balaban J connectivity index is 1.32. The first-order valence-electron chi connectivity index (χ1n) is 12.7. The molecule has 4 heterocycles. The Morgan fingerprint density at radius 3 is 2.44 bits per heavy atom. The molecule has 6 rings (SSSR count). The Bertz CT molecular complexity index is 1780. The van der Waals surface area contributed by atoms with E-state index >= 15 is 0 Å². The summed E-state index contributed by atoms with van der Waals surface area (Å²) in [5.41, 5.74) is 2.43. The molecular weight excluding hydrogens is 550 g/mol. The van der Waals surface area contributed by atoms with Crippen LogP contribution in [-0.4, -0.2) is 64.5 Å². The molecule has 14 heteroatoms. The highest BCUT2D eigenvalue weighted by Crippen LogP contribution is 2.40. The SMILES string of the molecule is Cc1ccc(S(=O)(=O)n2ccc3c2ncc2cnc([C@H]4C[C@@H](NS(=O)(=O)N5CCC(F)(F)C5)C[C@H]4C)n23)cc1. The van der Waals surface area contributed by atoms with Crippen LogP contribution in [-0.2, 0) is 20.2 Å². The minimum absolute atomic E-state index is 0.0323. The second kappa shape index (κ2) is 9.04. The van der Waals surface area contributed by atoms with Crippen LogP contribution >= 0.6 is 0 Å². The number of aryl methyl sites for hydroxylation is 1. The molecule has 1 aliphatic heterocycles. The van der Waals surface area contributed by atoms with Crippen LogP contribution in [0, 0.1) is 12.8 Å². The van der Waals surface area contributed by atoms with Crippen LogP contribution in [0.15, 0.2) is 53.8 Å². The molecular formula is C25H28F2N6O4S2. The van der Waals surface area contributed by atoms with E-state index in [4.69, 9.17) is 0 Å². The Morgan fingerprint density at radius 2 is 1.74 bits per heavy atom. The van der Waals surface area contributed by atoms with Crippen LogP contribution in [0.1, 0.15) is 43.5 Å². The van der Waals surface area contributed by atoms with Gasteiger partial charge in [0.1, 0.15) is 5.82 Å². The van der Waals surface area contributed by atoms with E-state index in [9.17, 15) is 25.6 Å². The first-order chi connectivity index (χ1) is 18.4. The summed E-state index contributed by atoms with van der Waals surface area (Å²) in [6.07, 6.45) is 5.14. The Kier molecular flexibility index (Phi) is 6.10. The van der Waals surface area contributed by atoms with Crippen molar-refractivity contribution in [3.8, 4) is 0 Å². The first kappa shape index (κ1) is 26.3. The highest BCUT2D eigenvalue weighted by molar-refractivity contribution is 7.90. The third-order valence-electron chi connectivity index (χ3n) is 7.76. The maximum absolute atomic E-state index is 13.6. The van der Waals surface area contributed by atoms with E-state index in [1.54, 1.807) is 42.7 Å². The minimum atomic E-state index is -4.05. The number of nitrogens with zero attached hydrogens (tertiary/aromatic N) is 5. The van der Waals surface area contributed by atoms with Crippen LogP contribution in [0.4, 0.5) is 8.78 Å². The molecule has 0 unspecified atom stereocenters. The zero-order valence-electron chi connectivity index (χ0n) is 21.3. The smallest absolute Gasteiger partial charge is 0.279 e. The molecule has 0 radical (unpaired) electrons. The number of aromatic nitrogens is 4. The average molecular weight is 579 g/mol. The topological polar surface area (TPSA) is 119 Å². The maximum atomic E-state index is 13.6. The lowest BCUT2D eigenvalue weighted by atomic mass is 9.97. The predicted octanol–water partition coefficient (Wildman–Crippen LogP) is 3.29. The molecule has 208 valence electrons. The number of fused-ring (bicyclic) bond motifs is 3. The van der Waals surface area contributed by atoms with E-state index in [0.717, 1.165) is 13.8 Å². The minimum Gasteiger partial charge on any atom is -0.291 e. The Morgan fingerprint density at radius 1 is 1.03 bits per heavy atom. The van der Waals surface area contributed by atoms with Crippen molar-refractivity contribution in [2.75, 3.05) is 13.1 Å². The molecule has 1 saturated heterocycles. The van der Waals surface area contributed by atoms with Gasteiger partial charge in [-0.3, -0.25) is 4.40 Å². The summed E-state index contributed by atoms with van der Waals surface area (Å²) >= 11 is 0. The monoisotopic (exact) mass is 578 g/mol. The molecule has 1 aromatic carbocycles. The van der Waals surface area contributed by atoms with Gasteiger partial charge in [-0.15, -0.1) is 0 Å². The highest BCUT2D eigenvalue weighted by Gasteiger charge is 2.45. The van der Waals surface area contributed by atoms with Gasteiger partial charge in [-0.2, -0.15) is 17.4 Å². The molecule has 39 heavy (non-hydrogen) atoms. The molecule has 0 spiro atoms. The Hall–Kier alpha value is -2.94. The molecule has 4 aromatic rings. The van der Waals surface area contributed by atoms with Crippen LogP contribution < -0.4 is 4.72 Å². The molecule has 1 N–H and O–H groups in total. The molecule has 3 atom stereocenters. The van der Waals surface area contributed by atoms with Gasteiger partial charge in [0.15, 0.2) is 5.65 Å². The van der Waals surface area contributed by atoms with Gasteiger partial charge in [0, 0.05) is 31.1 Å². The fourth-order valence-corrected chi connectivity index (χ4v) is 8.48. The van der Waals surface area contributed by atoms with Gasteiger partial charge < -0.3 is 0 Å². The number of halogens is 2. The van der Waals surface area contributed by atoms with Gasteiger partial charge >= 0.3 is 0 Å². The lowest BCUT2D eigenvalue weighted by Gasteiger charge is -2.20. The standard InChI is InChI=1S/C25H28F2N6O4S2/c1-16-3-5-20(6-4-16)38(34,35)32-9-7-22-24(32)29-14-19-13-28-23(33(19)22)21-12-18(11-17(21)2)30-39(36,37)31-10-8-25(26,27)15-31/h3-7,9,13-14,17-18,21,30H,8,10-12,15H2,1-2H3/t17-,18+,21+/m1/s1. The third-order valence-corrected chi connectivity index (χ3v) is 11.1. The summed E-state index contributed by atoms with van der Waals surface area (Å²) in [5.74, 6) is -2.46. The second-order valence-corrected chi connectivity index (χ2v) is 14.1. The summed E-state index contributed by atoms with van der Waals surface area (Å²) in [6.45, 7) is 2.85. The summed E-state index contributed by atoms with van der Waals surface area (Å²) in [7, 11) is -7.95. The van der Waals surface area contributed by atoms with Gasteiger partial charge in [0.25, 0.3) is 26.2 Å². The number of hydrogen-bond acceptors (Lipinski definition) is 6. The van der Waals surface area contributed by atoms with Gasteiger partial charge in [0.2, 0.25) is 0 Å². The van der Waals surface area contributed by atoms with Crippen molar-refractivity contribution >= 4 is 36.9 Å². The summed E-state index contributed by atoms with van der Waals surface area (Å²) in [6, 6.07) is 7.82. The summed E-state index contributed by atoms with van der Waals surface area (Å²) in [4.78, 5) is 9.19. The van der Waals surface area contributed by atoms with E-state index in [1.165, 1.54) is 6.20 Å². The molecule has 1 aliphatic carbocycles. The fourth-order valence-electron chi connectivity index (χ4n) is 5.73. The molecule has 1 saturated carbocycles. The van der Waals surface area contributed by atoms with Gasteiger partial charge in [-0.25, -0.2) is 31.1 Å². The number of hydrogen-bond donors (Lipinski definition) is 1. The van der Waals surface area contributed by atoms with E-state index < -0.39 is 45.2 Å². The third kappa shape index (κ3) is 4.52. The fraction of sp³-hybridized carbons (Fsp3) is 0.440. The van der Waals surface area contributed by atoms with Crippen molar-refractivity contribution in [3.05, 3.63) is 60.3 Å². The molecule has 10 nitrogen and oxygen atoms in total. The van der Waals surface area contributed by atoms with E-state index in [-0.39, 0.29) is 28.9 Å². The normalized spacial score (nSPS) is 24.3. The van der Waals surface area contributed by atoms with Crippen molar-refractivity contribution in [2.45, 2.75) is 55.9 Å². The van der Waals surface area contributed by atoms with Gasteiger partial charge in [-0.05, 0) is 43.9 Å². The molecule has 2 fully saturated rings. The average Bonchev–Trinajstić information content (AvgIpc) is 3.63. The zero-order valence-corrected chi connectivity index (χ0v) is 23.0. The number of alkyl halides is 2. The predicted molar refractivity (Wildman–Crippen MR) is 140 cm³/mol.